The number of piperidine rings is 1. The van der Waals surface area contributed by atoms with E-state index in [1.54, 1.807) is 6.08 Å². The molecule has 1 aliphatic heterocycles. The number of hydrogen-bond acceptors (Lipinski definition) is 3. The molecule has 7 heteroatoms. The highest BCUT2D eigenvalue weighted by atomic mass is 35.5. The number of allylic oxidation sites excluding steroid dienone is 6. The Morgan fingerprint density at radius 2 is 1.94 bits per heavy atom. The molecule has 0 saturated carbocycles. The minimum absolute atomic E-state index is 0. The van der Waals surface area contributed by atoms with Gasteiger partial charge in [0, 0.05) is 13.1 Å². The van der Waals surface area contributed by atoms with Gasteiger partial charge in [-0.2, -0.15) is 0 Å². The van der Waals surface area contributed by atoms with E-state index in [1.807, 2.05) is 30.9 Å². The molecular weight excluding hydrogens is 440 g/mol. The molecule has 3 aliphatic rings. The first kappa shape index (κ1) is 27.4. The molecule has 1 saturated heterocycles. The average molecular weight is 479 g/mol. The van der Waals surface area contributed by atoms with Crippen LogP contribution in [0.3, 0.4) is 0 Å². The van der Waals surface area contributed by atoms with Gasteiger partial charge in [0.25, 0.3) is 5.91 Å². The van der Waals surface area contributed by atoms with Crippen LogP contribution in [0, 0.1) is 17.3 Å². The summed E-state index contributed by atoms with van der Waals surface area (Å²) >= 11 is 6.19. The number of aliphatic hydroxyl groups excluding tert-OH is 1. The van der Waals surface area contributed by atoms with Gasteiger partial charge in [-0.25, -0.2) is 0 Å². The number of carbonyl (C=O) groups is 2. The number of nitrogens with zero attached hydrogens (tertiary/aromatic N) is 1. The minimum Gasteiger partial charge on any atom is -0.412 e. The Labute approximate surface area is 202 Å². The molecule has 1 fully saturated rings. The Morgan fingerprint density at radius 1 is 1.21 bits per heavy atom. The highest BCUT2D eigenvalue weighted by Crippen LogP contribution is 2.41. The summed E-state index contributed by atoms with van der Waals surface area (Å²) in [5.74, 6) is -0.308. The summed E-state index contributed by atoms with van der Waals surface area (Å²) in [6.07, 6.45) is 14.2. The maximum absolute atomic E-state index is 13.4. The van der Waals surface area contributed by atoms with Crippen LogP contribution in [-0.4, -0.2) is 57.9 Å². The lowest BCUT2D eigenvalue weighted by atomic mass is 9.69. The smallest absolute Gasteiger partial charge is 0.254 e. The molecule has 2 amide bonds. The second kappa shape index (κ2) is 11.5. The minimum atomic E-state index is -1.25. The molecule has 0 spiro atoms. The molecule has 33 heavy (non-hydrogen) atoms. The number of nitrogens with one attached hydrogen (secondary N) is 1. The first-order valence-corrected chi connectivity index (χ1v) is 12.2. The van der Waals surface area contributed by atoms with Gasteiger partial charge in [-0.3, -0.25) is 9.59 Å². The summed E-state index contributed by atoms with van der Waals surface area (Å²) in [5.41, 5.74) is 1.81. The van der Waals surface area contributed by atoms with Gasteiger partial charge in [0.1, 0.15) is 6.04 Å². The van der Waals surface area contributed by atoms with Crippen molar-refractivity contribution < 1.29 is 20.2 Å². The van der Waals surface area contributed by atoms with Crippen LogP contribution in [-0.2, 0) is 9.59 Å². The van der Waals surface area contributed by atoms with Crippen molar-refractivity contribution in [1.29, 1.82) is 0 Å². The lowest BCUT2D eigenvalue weighted by Gasteiger charge is -2.46. The summed E-state index contributed by atoms with van der Waals surface area (Å²) in [5, 5.41) is 13.4. The van der Waals surface area contributed by atoms with Crippen molar-refractivity contribution in [1.82, 2.24) is 10.2 Å². The van der Waals surface area contributed by atoms with Crippen LogP contribution in [0.5, 0.6) is 0 Å². The molecule has 2 unspecified atom stereocenters. The summed E-state index contributed by atoms with van der Waals surface area (Å²) in [7, 11) is 0. The van der Waals surface area contributed by atoms with Gasteiger partial charge >= 0.3 is 0 Å². The van der Waals surface area contributed by atoms with Crippen molar-refractivity contribution >= 4 is 23.4 Å². The molecule has 0 bridgehead atoms. The maximum Gasteiger partial charge on any atom is 0.254 e. The molecule has 1 heterocycles. The van der Waals surface area contributed by atoms with Crippen LogP contribution in [0.25, 0.3) is 0 Å². The van der Waals surface area contributed by atoms with E-state index in [0.717, 1.165) is 25.7 Å². The third kappa shape index (κ3) is 6.58. The number of hydrogen-bond donors (Lipinski definition) is 2. The molecule has 4 N–H and O–H groups in total. The van der Waals surface area contributed by atoms with Gasteiger partial charge in [-0.05, 0) is 54.1 Å². The molecule has 184 valence electrons. The largest absolute Gasteiger partial charge is 0.412 e. The Hall–Kier alpha value is -1.89. The molecule has 3 rings (SSSR count). The molecule has 4 atom stereocenters. The molecular formula is C26H39ClN2O4. The summed E-state index contributed by atoms with van der Waals surface area (Å²) in [6, 6.07) is -0.663. The molecule has 0 aromatic carbocycles. The van der Waals surface area contributed by atoms with Gasteiger partial charge in [-0.1, -0.05) is 64.2 Å². The van der Waals surface area contributed by atoms with Crippen molar-refractivity contribution in [3.8, 4) is 0 Å². The zero-order chi connectivity index (χ0) is 23.5. The monoisotopic (exact) mass is 478 g/mol. The summed E-state index contributed by atoms with van der Waals surface area (Å²) in [4.78, 5) is 28.0. The summed E-state index contributed by atoms with van der Waals surface area (Å²) < 4.78 is 0. The van der Waals surface area contributed by atoms with Gasteiger partial charge in [0.15, 0.2) is 6.10 Å². The van der Waals surface area contributed by atoms with Crippen molar-refractivity contribution in [3.63, 3.8) is 0 Å². The first-order chi connectivity index (χ1) is 15.1. The van der Waals surface area contributed by atoms with Crippen molar-refractivity contribution in [2.45, 2.75) is 70.9 Å². The Bertz CT molecular complexity index is 843. The van der Waals surface area contributed by atoms with E-state index in [-0.39, 0.29) is 28.1 Å². The fraction of sp³-hybridized carbons (Fsp3) is 0.615. The predicted octanol–water partition coefficient (Wildman–Crippen LogP) is 3.31. The van der Waals surface area contributed by atoms with Crippen molar-refractivity contribution in [3.05, 3.63) is 47.6 Å². The third-order valence-electron chi connectivity index (χ3n) is 6.84. The number of likely N-dealkylation sites (tertiary alicyclic amines) is 1. The standard InChI is InChI=1S/C26H37ClN2O3.H2O/c1-17(2)22(28-24(31)23(30)19-8-6-5-7-9-19)25(32)29-15-14-21(26(3,4)16-29)18-10-12-20(27)13-11-18;/h6,8-12,17,20-23,30H,5,7,13-16H2,1-4H3,(H,28,31);1H2/t20?,21-,22-,23?;/m1./s1. The van der Waals surface area contributed by atoms with Crippen LogP contribution in [0.4, 0.5) is 0 Å². The lowest BCUT2D eigenvalue weighted by Crippen LogP contribution is -2.57. The van der Waals surface area contributed by atoms with Crippen LogP contribution in [0.1, 0.15) is 53.4 Å². The van der Waals surface area contributed by atoms with Crippen molar-refractivity contribution in [2.24, 2.45) is 17.3 Å². The lowest BCUT2D eigenvalue weighted by molar-refractivity contribution is -0.142. The van der Waals surface area contributed by atoms with Crippen molar-refractivity contribution in [2.75, 3.05) is 13.1 Å². The van der Waals surface area contributed by atoms with Gasteiger partial charge in [0.2, 0.25) is 5.91 Å². The van der Waals surface area contributed by atoms with E-state index >= 15 is 0 Å². The quantitative estimate of drug-likeness (QED) is 0.572. The zero-order valence-corrected chi connectivity index (χ0v) is 20.9. The summed E-state index contributed by atoms with van der Waals surface area (Å²) in [6.45, 7) is 9.53. The number of amides is 2. The third-order valence-corrected chi connectivity index (χ3v) is 7.16. The van der Waals surface area contributed by atoms with E-state index in [4.69, 9.17) is 11.6 Å². The van der Waals surface area contributed by atoms with Gasteiger partial charge in [0.05, 0.1) is 5.38 Å². The van der Waals surface area contributed by atoms with Crippen LogP contribution in [0.2, 0.25) is 0 Å². The SMILES string of the molecule is CC(C)[C@@H](NC(=O)C(O)C1=CCCC=C1)C(=O)N1CC[C@H](C2=CCC(Cl)C=C2)C(C)(C)C1.O. The predicted molar refractivity (Wildman–Crippen MR) is 133 cm³/mol. The molecule has 0 radical (unpaired) electrons. The van der Waals surface area contributed by atoms with Gasteiger partial charge in [-0.15, -0.1) is 11.6 Å². The fourth-order valence-electron chi connectivity index (χ4n) is 4.96. The highest BCUT2D eigenvalue weighted by molar-refractivity contribution is 6.22. The maximum atomic E-state index is 13.4. The normalized spacial score (nSPS) is 26.1. The highest BCUT2D eigenvalue weighted by Gasteiger charge is 2.41. The fourth-order valence-corrected chi connectivity index (χ4v) is 5.12. The van der Waals surface area contributed by atoms with E-state index in [2.05, 4.69) is 37.4 Å². The van der Waals surface area contributed by atoms with E-state index < -0.39 is 18.1 Å². The first-order valence-electron chi connectivity index (χ1n) is 11.8. The number of alkyl halides is 1. The Kier molecular flexibility index (Phi) is 9.53. The number of aliphatic hydroxyl groups is 1. The zero-order valence-electron chi connectivity index (χ0n) is 20.2. The van der Waals surface area contributed by atoms with Crippen LogP contribution >= 0.6 is 11.6 Å². The van der Waals surface area contributed by atoms with Crippen LogP contribution in [0.15, 0.2) is 47.6 Å². The van der Waals surface area contributed by atoms with E-state index in [9.17, 15) is 14.7 Å². The number of carbonyl (C=O) groups excluding carboxylic acids is 2. The van der Waals surface area contributed by atoms with E-state index in [0.29, 0.717) is 24.6 Å². The van der Waals surface area contributed by atoms with Gasteiger partial charge < -0.3 is 20.8 Å². The molecule has 2 aliphatic carbocycles. The second-order valence-corrected chi connectivity index (χ2v) is 10.8. The Balaban J connectivity index is 0.00000385. The molecule has 0 aromatic heterocycles. The average Bonchev–Trinajstić information content (AvgIpc) is 2.77. The molecule has 0 aromatic rings. The second-order valence-electron chi connectivity index (χ2n) is 10.2. The van der Waals surface area contributed by atoms with E-state index in [1.165, 1.54) is 5.57 Å². The number of rotatable bonds is 6. The molecule has 6 nitrogen and oxygen atoms in total. The van der Waals surface area contributed by atoms with Crippen LogP contribution < -0.4 is 5.32 Å². The topological polar surface area (TPSA) is 101 Å². The number of halogens is 1. The Morgan fingerprint density at radius 3 is 2.48 bits per heavy atom.